The normalized spacial score (nSPS) is 45.5. The third-order valence-corrected chi connectivity index (χ3v) is 8.42. The number of oxime groups is 1. The molecule has 1 unspecified atom stereocenters. The summed E-state index contributed by atoms with van der Waals surface area (Å²) < 4.78 is 0. The summed E-state index contributed by atoms with van der Waals surface area (Å²) in [6.45, 7) is 6.11. The van der Waals surface area contributed by atoms with Gasteiger partial charge in [0, 0.05) is 30.8 Å². The first-order valence-corrected chi connectivity index (χ1v) is 10.6. The van der Waals surface area contributed by atoms with E-state index < -0.39 is 0 Å². The van der Waals surface area contributed by atoms with Crippen molar-refractivity contribution in [2.75, 3.05) is 19.7 Å². The highest BCUT2D eigenvalue weighted by molar-refractivity contribution is 5.90. The topological polar surface area (TPSA) is 93.8 Å². The van der Waals surface area contributed by atoms with E-state index in [1.165, 1.54) is 0 Å². The number of carbonyl (C=O) groups is 2. The predicted octanol–water partition coefficient (Wildman–Crippen LogP) is 2.27. The maximum atomic E-state index is 13.1. The van der Waals surface area contributed by atoms with Gasteiger partial charge in [0.05, 0.1) is 5.71 Å². The molecule has 0 aromatic carbocycles. The Kier molecular flexibility index (Phi) is 4.81. The Bertz CT molecular complexity index is 663. The summed E-state index contributed by atoms with van der Waals surface area (Å²) in [5, 5.41) is 7.54. The van der Waals surface area contributed by atoms with Crippen LogP contribution in [0.15, 0.2) is 5.16 Å². The molecule has 3 N–H and O–H groups in total. The minimum absolute atomic E-state index is 0.0165. The summed E-state index contributed by atoms with van der Waals surface area (Å²) >= 11 is 0. The number of ketones is 1. The molecule has 3 aliphatic carbocycles. The minimum Gasteiger partial charge on any atom is -0.395 e. The molecule has 27 heavy (non-hydrogen) atoms. The van der Waals surface area contributed by atoms with E-state index in [4.69, 9.17) is 10.6 Å². The number of nitrogens with one attached hydrogen (secondary N) is 1. The van der Waals surface area contributed by atoms with Gasteiger partial charge in [-0.05, 0) is 61.7 Å². The SMILES string of the molecule is C[C@]12CC/C(=N/OCCN)CC1CNC(=O)[C@@H]1[C@@H]2CC[C@]2(C)C(=O)CC[C@@H]12. The first-order valence-electron chi connectivity index (χ1n) is 10.6. The summed E-state index contributed by atoms with van der Waals surface area (Å²) in [6, 6.07) is 0. The summed E-state index contributed by atoms with van der Waals surface area (Å²) in [5.74, 6) is 1.49. The molecular weight excluding hydrogens is 342 g/mol. The fourth-order valence-electron chi connectivity index (χ4n) is 6.66. The third kappa shape index (κ3) is 2.91. The van der Waals surface area contributed by atoms with Gasteiger partial charge in [-0.1, -0.05) is 19.0 Å². The van der Waals surface area contributed by atoms with Crippen LogP contribution >= 0.6 is 0 Å². The summed E-state index contributed by atoms with van der Waals surface area (Å²) in [7, 11) is 0. The molecule has 3 saturated carbocycles. The first kappa shape index (κ1) is 18.9. The van der Waals surface area contributed by atoms with Gasteiger partial charge in [-0.15, -0.1) is 0 Å². The lowest BCUT2D eigenvalue weighted by atomic mass is 9.50. The zero-order valence-corrected chi connectivity index (χ0v) is 16.6. The van der Waals surface area contributed by atoms with Crippen molar-refractivity contribution in [2.45, 2.75) is 58.8 Å². The molecule has 6 heteroatoms. The fraction of sp³-hybridized carbons (Fsp3) is 0.857. The Hall–Kier alpha value is -1.43. The van der Waals surface area contributed by atoms with Gasteiger partial charge in [-0.3, -0.25) is 9.59 Å². The monoisotopic (exact) mass is 375 g/mol. The molecule has 0 aromatic rings. The highest BCUT2D eigenvalue weighted by Crippen LogP contribution is 2.61. The highest BCUT2D eigenvalue weighted by atomic mass is 16.6. The molecule has 0 aromatic heterocycles. The second-order valence-electron chi connectivity index (χ2n) is 9.59. The maximum Gasteiger partial charge on any atom is 0.223 e. The number of hydrogen-bond acceptors (Lipinski definition) is 5. The molecule has 4 fully saturated rings. The number of amides is 1. The van der Waals surface area contributed by atoms with E-state index in [2.05, 4.69) is 24.3 Å². The Labute approximate surface area is 161 Å². The molecule has 4 rings (SSSR count). The number of Topliss-reactive ketones (excluding diaryl/α,β-unsaturated/α-hetero) is 1. The van der Waals surface area contributed by atoms with E-state index in [1.807, 2.05) is 0 Å². The summed E-state index contributed by atoms with van der Waals surface area (Å²) in [6.07, 6.45) is 6.29. The molecule has 0 spiro atoms. The second-order valence-corrected chi connectivity index (χ2v) is 9.59. The number of nitrogens with two attached hydrogens (primary N) is 1. The quantitative estimate of drug-likeness (QED) is 0.584. The molecule has 4 aliphatic rings. The Morgan fingerprint density at radius 1 is 1.19 bits per heavy atom. The average molecular weight is 376 g/mol. The van der Waals surface area contributed by atoms with Crippen molar-refractivity contribution in [3.05, 3.63) is 0 Å². The van der Waals surface area contributed by atoms with E-state index in [-0.39, 0.29) is 28.6 Å². The lowest BCUT2D eigenvalue weighted by Crippen LogP contribution is -2.51. The van der Waals surface area contributed by atoms with Gasteiger partial charge in [-0.25, -0.2) is 0 Å². The molecule has 1 heterocycles. The fourth-order valence-corrected chi connectivity index (χ4v) is 6.66. The van der Waals surface area contributed by atoms with Gasteiger partial charge in [0.1, 0.15) is 12.4 Å². The highest BCUT2D eigenvalue weighted by Gasteiger charge is 2.61. The van der Waals surface area contributed by atoms with Gasteiger partial charge < -0.3 is 15.9 Å². The standard InChI is InChI=1S/C21H33N3O3/c1-20-7-5-14(24-27-10-9-22)11-13(20)12-23-19(26)18-15-3-4-17(25)21(15,2)8-6-16(18)20/h13,15-16,18H,3-12,22H2,1-2H3,(H,23,26)/b24-14-/t13?,15-,16-,18-,20-,21-/m0/s1. The van der Waals surface area contributed by atoms with Crippen molar-refractivity contribution in [3.8, 4) is 0 Å². The summed E-state index contributed by atoms with van der Waals surface area (Å²) in [5.41, 5.74) is 6.40. The minimum atomic E-state index is -0.286. The third-order valence-electron chi connectivity index (χ3n) is 8.42. The van der Waals surface area contributed by atoms with Crippen LogP contribution in [0.5, 0.6) is 0 Å². The molecule has 1 amide bonds. The molecule has 150 valence electrons. The van der Waals surface area contributed by atoms with Crippen LogP contribution in [0.4, 0.5) is 0 Å². The number of rotatable bonds is 3. The van der Waals surface area contributed by atoms with Crippen molar-refractivity contribution in [3.63, 3.8) is 0 Å². The second kappa shape index (κ2) is 6.87. The van der Waals surface area contributed by atoms with Gasteiger partial charge in [0.25, 0.3) is 0 Å². The lowest BCUT2D eigenvalue weighted by Gasteiger charge is -2.53. The summed E-state index contributed by atoms with van der Waals surface area (Å²) in [4.78, 5) is 31.0. The molecule has 1 aliphatic heterocycles. The Morgan fingerprint density at radius 2 is 2.00 bits per heavy atom. The van der Waals surface area contributed by atoms with Crippen LogP contribution in [-0.2, 0) is 14.4 Å². The van der Waals surface area contributed by atoms with Crippen molar-refractivity contribution in [2.24, 2.45) is 45.4 Å². The first-order chi connectivity index (χ1) is 12.9. The van der Waals surface area contributed by atoms with Crippen molar-refractivity contribution in [1.29, 1.82) is 0 Å². The molecule has 1 saturated heterocycles. The molecule has 6 nitrogen and oxygen atoms in total. The van der Waals surface area contributed by atoms with Crippen LogP contribution < -0.4 is 11.1 Å². The number of carbonyl (C=O) groups excluding carboxylic acids is 2. The smallest absolute Gasteiger partial charge is 0.223 e. The molecular formula is C21H33N3O3. The van der Waals surface area contributed by atoms with Crippen molar-refractivity contribution < 1.29 is 14.4 Å². The van der Waals surface area contributed by atoms with Gasteiger partial charge in [0.2, 0.25) is 5.91 Å². The zero-order chi connectivity index (χ0) is 19.2. The van der Waals surface area contributed by atoms with E-state index in [9.17, 15) is 9.59 Å². The van der Waals surface area contributed by atoms with E-state index in [0.29, 0.717) is 43.7 Å². The number of fused-ring (bicyclic) bond motifs is 5. The van der Waals surface area contributed by atoms with Crippen LogP contribution in [0.3, 0.4) is 0 Å². The Morgan fingerprint density at radius 3 is 2.78 bits per heavy atom. The van der Waals surface area contributed by atoms with Crippen molar-refractivity contribution in [1.82, 2.24) is 5.32 Å². The average Bonchev–Trinajstić information content (AvgIpc) is 2.90. The van der Waals surface area contributed by atoms with E-state index >= 15 is 0 Å². The lowest BCUT2D eigenvalue weighted by molar-refractivity contribution is -0.141. The Balaban J connectivity index is 1.60. The molecule has 6 atom stereocenters. The predicted molar refractivity (Wildman–Crippen MR) is 103 cm³/mol. The van der Waals surface area contributed by atoms with E-state index in [1.54, 1.807) is 0 Å². The molecule has 0 radical (unpaired) electrons. The van der Waals surface area contributed by atoms with Crippen LogP contribution in [0.2, 0.25) is 0 Å². The van der Waals surface area contributed by atoms with Crippen LogP contribution in [0, 0.1) is 34.5 Å². The van der Waals surface area contributed by atoms with Gasteiger partial charge >= 0.3 is 0 Å². The zero-order valence-electron chi connectivity index (χ0n) is 16.6. The van der Waals surface area contributed by atoms with E-state index in [0.717, 1.165) is 44.2 Å². The molecule has 0 bridgehead atoms. The number of nitrogens with zero attached hydrogens (tertiary/aromatic N) is 1. The van der Waals surface area contributed by atoms with Gasteiger partial charge in [-0.2, -0.15) is 0 Å². The van der Waals surface area contributed by atoms with Crippen LogP contribution in [0.1, 0.15) is 58.8 Å². The number of hydrogen-bond donors (Lipinski definition) is 2. The van der Waals surface area contributed by atoms with Crippen LogP contribution in [-0.4, -0.2) is 37.1 Å². The largest absolute Gasteiger partial charge is 0.395 e. The van der Waals surface area contributed by atoms with Gasteiger partial charge in [0.15, 0.2) is 0 Å². The maximum absolute atomic E-state index is 13.1. The van der Waals surface area contributed by atoms with Crippen LogP contribution in [0.25, 0.3) is 0 Å². The van der Waals surface area contributed by atoms with Crippen molar-refractivity contribution >= 4 is 17.4 Å².